The Morgan fingerprint density at radius 3 is 2.57 bits per heavy atom. The van der Waals surface area contributed by atoms with E-state index in [1.165, 1.54) is 13.2 Å². The molecule has 0 saturated carbocycles. The van der Waals surface area contributed by atoms with Gasteiger partial charge in [-0.25, -0.2) is 4.39 Å². The molecule has 1 rings (SSSR count). The fourth-order valence-corrected chi connectivity index (χ4v) is 1.06. The van der Waals surface area contributed by atoms with Crippen LogP contribution in [0.4, 0.5) is 4.39 Å². The second-order valence-electron chi connectivity index (χ2n) is 2.73. The van der Waals surface area contributed by atoms with Crippen LogP contribution in [-0.2, 0) is 0 Å². The van der Waals surface area contributed by atoms with Crippen molar-refractivity contribution in [3.63, 3.8) is 0 Å². The average Bonchev–Trinajstić information content (AvgIpc) is 2.16. The molecular formula is C9H14ClFN2O. The van der Waals surface area contributed by atoms with E-state index >= 15 is 0 Å². The van der Waals surface area contributed by atoms with Crippen LogP contribution in [-0.4, -0.2) is 13.7 Å². The minimum absolute atomic E-state index is 0. The van der Waals surface area contributed by atoms with Crippen molar-refractivity contribution in [1.82, 2.24) is 0 Å². The Hall–Kier alpha value is -0.840. The van der Waals surface area contributed by atoms with Crippen LogP contribution in [0.15, 0.2) is 18.2 Å². The largest absolute Gasteiger partial charge is 0.497 e. The molecule has 1 atom stereocenters. The highest BCUT2D eigenvalue weighted by atomic mass is 35.5. The Balaban J connectivity index is 0.00000169. The molecule has 0 saturated heterocycles. The number of nitrogens with two attached hydrogens (primary N) is 2. The Bertz CT molecular complexity index is 296. The molecular weight excluding hydrogens is 207 g/mol. The Morgan fingerprint density at radius 1 is 1.50 bits per heavy atom. The molecule has 0 aliphatic rings. The van der Waals surface area contributed by atoms with Gasteiger partial charge in [0.15, 0.2) is 0 Å². The van der Waals surface area contributed by atoms with Gasteiger partial charge in [0.25, 0.3) is 0 Å². The lowest BCUT2D eigenvalue weighted by Crippen LogP contribution is -2.21. The fourth-order valence-electron chi connectivity index (χ4n) is 1.06. The Kier molecular flexibility index (Phi) is 5.45. The summed E-state index contributed by atoms with van der Waals surface area (Å²) in [5, 5.41) is 0. The first-order valence-electron chi connectivity index (χ1n) is 3.98. The van der Waals surface area contributed by atoms with Crippen LogP contribution in [0, 0.1) is 5.82 Å². The Morgan fingerprint density at radius 2 is 2.14 bits per heavy atom. The molecule has 0 heterocycles. The smallest absolute Gasteiger partial charge is 0.131 e. The van der Waals surface area contributed by atoms with Gasteiger partial charge in [0.05, 0.1) is 7.11 Å². The number of hydrogen-bond acceptors (Lipinski definition) is 3. The summed E-state index contributed by atoms with van der Waals surface area (Å²) in [6.07, 6.45) is 0. The molecule has 0 aliphatic carbocycles. The van der Waals surface area contributed by atoms with Crippen LogP contribution in [0.25, 0.3) is 0 Å². The molecule has 5 heteroatoms. The van der Waals surface area contributed by atoms with Crippen molar-refractivity contribution in [2.24, 2.45) is 11.5 Å². The van der Waals surface area contributed by atoms with Crippen LogP contribution >= 0.6 is 12.4 Å². The number of benzene rings is 1. The van der Waals surface area contributed by atoms with E-state index in [9.17, 15) is 4.39 Å². The second kappa shape index (κ2) is 5.80. The molecule has 1 aromatic carbocycles. The molecule has 1 aromatic rings. The third kappa shape index (κ3) is 2.83. The molecule has 3 nitrogen and oxygen atoms in total. The molecule has 0 amide bonds. The lowest BCUT2D eigenvalue weighted by Gasteiger charge is -2.10. The fraction of sp³-hybridized carbons (Fsp3) is 0.333. The van der Waals surface area contributed by atoms with Crippen molar-refractivity contribution in [3.8, 4) is 5.75 Å². The molecule has 0 aliphatic heterocycles. The number of ether oxygens (including phenoxy) is 1. The zero-order valence-electron chi connectivity index (χ0n) is 7.87. The summed E-state index contributed by atoms with van der Waals surface area (Å²) in [4.78, 5) is 0. The zero-order chi connectivity index (χ0) is 9.84. The van der Waals surface area contributed by atoms with Crippen LogP contribution < -0.4 is 16.2 Å². The molecule has 0 radical (unpaired) electrons. The van der Waals surface area contributed by atoms with Crippen molar-refractivity contribution in [2.75, 3.05) is 13.7 Å². The van der Waals surface area contributed by atoms with Gasteiger partial charge in [0.2, 0.25) is 0 Å². The molecule has 0 unspecified atom stereocenters. The monoisotopic (exact) mass is 220 g/mol. The van der Waals surface area contributed by atoms with E-state index in [-0.39, 0.29) is 24.8 Å². The Labute approximate surface area is 88.6 Å². The summed E-state index contributed by atoms with van der Waals surface area (Å²) in [5.41, 5.74) is 11.3. The van der Waals surface area contributed by atoms with Crippen molar-refractivity contribution in [3.05, 3.63) is 29.6 Å². The molecule has 0 spiro atoms. The van der Waals surface area contributed by atoms with E-state index in [1.54, 1.807) is 12.1 Å². The maximum absolute atomic E-state index is 13.3. The summed E-state index contributed by atoms with van der Waals surface area (Å²) in [6.45, 7) is 0.225. The van der Waals surface area contributed by atoms with Gasteiger partial charge in [-0.05, 0) is 6.07 Å². The first-order chi connectivity index (χ1) is 6.19. The molecule has 0 bridgehead atoms. The molecule has 0 fully saturated rings. The van der Waals surface area contributed by atoms with Gasteiger partial charge in [0, 0.05) is 24.2 Å². The zero-order valence-corrected chi connectivity index (χ0v) is 8.68. The molecule has 14 heavy (non-hydrogen) atoms. The van der Waals surface area contributed by atoms with Gasteiger partial charge >= 0.3 is 0 Å². The van der Waals surface area contributed by atoms with E-state index in [4.69, 9.17) is 16.2 Å². The lowest BCUT2D eigenvalue weighted by atomic mass is 10.1. The quantitative estimate of drug-likeness (QED) is 0.805. The van der Waals surface area contributed by atoms with Crippen molar-refractivity contribution in [2.45, 2.75) is 6.04 Å². The topological polar surface area (TPSA) is 61.3 Å². The predicted octanol–water partition coefficient (Wildman–Crippen LogP) is 1.21. The number of methoxy groups -OCH3 is 1. The predicted molar refractivity (Wildman–Crippen MR) is 56.2 cm³/mol. The molecule has 0 aromatic heterocycles. The van der Waals surface area contributed by atoms with Crippen molar-refractivity contribution < 1.29 is 9.13 Å². The minimum Gasteiger partial charge on any atom is -0.497 e. The van der Waals surface area contributed by atoms with E-state index in [2.05, 4.69) is 0 Å². The lowest BCUT2D eigenvalue weighted by molar-refractivity contribution is 0.410. The maximum atomic E-state index is 13.3. The van der Waals surface area contributed by atoms with E-state index < -0.39 is 6.04 Å². The SMILES string of the molecule is COc1ccc([C@@H](N)CN)c(F)c1.Cl. The summed E-state index contributed by atoms with van der Waals surface area (Å²) in [5.74, 6) is 0.0998. The molecule has 4 N–H and O–H groups in total. The second-order valence-corrected chi connectivity index (χ2v) is 2.73. The maximum Gasteiger partial charge on any atom is 0.131 e. The standard InChI is InChI=1S/C9H13FN2O.ClH/c1-13-6-2-3-7(8(10)4-6)9(12)5-11;/h2-4,9H,5,11-12H2,1H3;1H/t9-;/m0./s1. The van der Waals surface area contributed by atoms with Gasteiger partial charge in [-0.2, -0.15) is 0 Å². The third-order valence-corrected chi connectivity index (χ3v) is 1.86. The van der Waals surface area contributed by atoms with Crippen molar-refractivity contribution >= 4 is 12.4 Å². The highest BCUT2D eigenvalue weighted by Gasteiger charge is 2.09. The van der Waals surface area contributed by atoms with Gasteiger partial charge in [-0.1, -0.05) is 6.07 Å². The van der Waals surface area contributed by atoms with Crippen molar-refractivity contribution in [1.29, 1.82) is 0 Å². The number of rotatable bonds is 3. The number of hydrogen-bond donors (Lipinski definition) is 2. The summed E-state index contributed by atoms with van der Waals surface area (Å²) >= 11 is 0. The van der Waals surface area contributed by atoms with Crippen LogP contribution in [0.5, 0.6) is 5.75 Å². The highest BCUT2D eigenvalue weighted by Crippen LogP contribution is 2.19. The summed E-state index contributed by atoms with van der Waals surface area (Å²) in [7, 11) is 1.48. The number of halogens is 2. The molecule has 80 valence electrons. The summed E-state index contributed by atoms with van der Waals surface area (Å²) < 4.78 is 18.1. The van der Waals surface area contributed by atoms with Gasteiger partial charge < -0.3 is 16.2 Å². The van der Waals surface area contributed by atoms with Gasteiger partial charge in [-0.15, -0.1) is 12.4 Å². The van der Waals surface area contributed by atoms with E-state index in [0.29, 0.717) is 11.3 Å². The van der Waals surface area contributed by atoms with Gasteiger partial charge in [0.1, 0.15) is 11.6 Å². The van der Waals surface area contributed by atoms with E-state index in [1.807, 2.05) is 0 Å². The normalized spacial score (nSPS) is 11.7. The average molecular weight is 221 g/mol. The summed E-state index contributed by atoms with van der Waals surface area (Å²) in [6, 6.07) is 4.09. The third-order valence-electron chi connectivity index (χ3n) is 1.86. The van der Waals surface area contributed by atoms with Crippen LogP contribution in [0.1, 0.15) is 11.6 Å². The first-order valence-corrected chi connectivity index (χ1v) is 3.98. The van der Waals surface area contributed by atoms with E-state index in [0.717, 1.165) is 0 Å². The first kappa shape index (κ1) is 13.2. The van der Waals surface area contributed by atoms with Gasteiger partial charge in [-0.3, -0.25) is 0 Å². The van der Waals surface area contributed by atoms with Crippen LogP contribution in [0.3, 0.4) is 0 Å². The van der Waals surface area contributed by atoms with Crippen LogP contribution in [0.2, 0.25) is 0 Å². The minimum atomic E-state index is -0.453. The highest BCUT2D eigenvalue weighted by molar-refractivity contribution is 5.85.